The summed E-state index contributed by atoms with van der Waals surface area (Å²) in [6.07, 6.45) is 0.853. The smallest absolute Gasteiger partial charge is 0.246 e. The van der Waals surface area contributed by atoms with Gasteiger partial charge in [-0.15, -0.1) is 0 Å². The number of piperidine rings is 1. The molecule has 156 valence electrons. The molecule has 0 aromatic heterocycles. The second kappa shape index (κ2) is 8.16. The predicted octanol–water partition coefficient (Wildman–Crippen LogP) is 3.21. The van der Waals surface area contributed by atoms with E-state index < -0.39 is 37.8 Å². The molecule has 0 spiro atoms. The summed E-state index contributed by atoms with van der Waals surface area (Å²) in [5, 5.41) is 2.72. The van der Waals surface area contributed by atoms with Crippen molar-refractivity contribution in [2.24, 2.45) is 5.41 Å². The number of hydrogen-bond acceptors (Lipinski definition) is 3. The monoisotopic (exact) mass is 426 g/mol. The second-order valence-electron chi connectivity index (χ2n) is 7.39. The summed E-state index contributed by atoms with van der Waals surface area (Å²) in [5.41, 5.74) is -0.453. The summed E-state index contributed by atoms with van der Waals surface area (Å²) >= 11 is 0. The highest BCUT2D eigenvalue weighted by atomic mass is 32.2. The first kappa shape index (κ1) is 21.3. The molecule has 1 aliphatic heterocycles. The zero-order chi connectivity index (χ0) is 21.2. The number of sulfonamides is 1. The van der Waals surface area contributed by atoms with Gasteiger partial charge in [-0.05, 0) is 49.6 Å². The van der Waals surface area contributed by atoms with Crippen LogP contribution in [0.2, 0.25) is 0 Å². The molecule has 1 atom stereocenters. The minimum Gasteiger partial charge on any atom is -0.352 e. The van der Waals surface area contributed by atoms with Crippen molar-refractivity contribution in [3.63, 3.8) is 0 Å². The van der Waals surface area contributed by atoms with Gasteiger partial charge >= 0.3 is 0 Å². The minimum absolute atomic E-state index is 0.103. The Balaban J connectivity index is 1.75. The molecule has 29 heavy (non-hydrogen) atoms. The highest BCUT2D eigenvalue weighted by molar-refractivity contribution is 7.89. The van der Waals surface area contributed by atoms with Gasteiger partial charge in [0.2, 0.25) is 15.9 Å². The molecule has 5 nitrogen and oxygen atoms in total. The molecule has 9 heteroatoms. The Labute approximate surface area is 167 Å². The number of halogens is 3. The number of hydrogen-bond donors (Lipinski definition) is 1. The Bertz CT molecular complexity index is 1030. The maximum absolute atomic E-state index is 14.0. The molecule has 0 saturated carbocycles. The highest BCUT2D eigenvalue weighted by Gasteiger charge is 2.42. The first-order valence-electron chi connectivity index (χ1n) is 9.10. The number of carbonyl (C=O) groups excluding carboxylic acids is 1. The van der Waals surface area contributed by atoms with Crippen LogP contribution in [-0.4, -0.2) is 31.7 Å². The van der Waals surface area contributed by atoms with Crippen LogP contribution in [0.4, 0.5) is 13.2 Å². The van der Waals surface area contributed by atoms with Gasteiger partial charge in [0.15, 0.2) is 0 Å². The zero-order valence-corrected chi connectivity index (χ0v) is 16.6. The van der Waals surface area contributed by atoms with E-state index >= 15 is 0 Å². The average molecular weight is 426 g/mol. The summed E-state index contributed by atoms with van der Waals surface area (Å²) in [4.78, 5) is 12.1. The lowest BCUT2D eigenvalue weighted by atomic mass is 9.82. The number of carbonyl (C=O) groups is 1. The van der Waals surface area contributed by atoms with E-state index in [1.54, 1.807) is 13.0 Å². The van der Waals surface area contributed by atoms with Gasteiger partial charge in [0.05, 0.1) is 5.41 Å². The molecule has 0 unspecified atom stereocenters. The van der Waals surface area contributed by atoms with Crippen LogP contribution in [-0.2, 0) is 21.4 Å². The third kappa shape index (κ3) is 4.62. The molecular formula is C20H21F3N2O3S. The quantitative estimate of drug-likeness (QED) is 0.799. The Hall–Kier alpha value is -2.39. The molecule has 3 rings (SSSR count). The lowest BCUT2D eigenvalue weighted by Crippen LogP contribution is -2.51. The standard InChI is InChI=1S/C20H21F3N2O3S/c1-20(19(26)24-12-14-4-2-5-15(21)10-14)8-3-9-25(13-20)29(27,28)18-7-6-16(22)11-17(18)23/h2,4-7,10-11H,3,8-9,12-13H2,1H3,(H,24,26)/t20-/m0/s1. The van der Waals surface area contributed by atoms with Crippen molar-refractivity contribution in [3.05, 3.63) is 65.5 Å². The van der Waals surface area contributed by atoms with Gasteiger partial charge in [-0.3, -0.25) is 4.79 Å². The molecule has 1 fully saturated rings. The van der Waals surface area contributed by atoms with E-state index in [9.17, 15) is 26.4 Å². The number of benzene rings is 2. The van der Waals surface area contributed by atoms with Crippen molar-refractivity contribution in [1.82, 2.24) is 9.62 Å². The fourth-order valence-corrected chi connectivity index (χ4v) is 5.10. The van der Waals surface area contributed by atoms with Crippen LogP contribution in [0.5, 0.6) is 0 Å². The molecule has 0 bridgehead atoms. The summed E-state index contributed by atoms with van der Waals surface area (Å²) < 4.78 is 67.2. The van der Waals surface area contributed by atoms with Crippen molar-refractivity contribution in [2.75, 3.05) is 13.1 Å². The van der Waals surface area contributed by atoms with Crippen molar-refractivity contribution in [1.29, 1.82) is 0 Å². The van der Waals surface area contributed by atoms with E-state index in [0.717, 1.165) is 16.4 Å². The number of nitrogens with one attached hydrogen (secondary N) is 1. The van der Waals surface area contributed by atoms with Crippen molar-refractivity contribution >= 4 is 15.9 Å². The Morgan fingerprint density at radius 2 is 1.86 bits per heavy atom. The lowest BCUT2D eigenvalue weighted by Gasteiger charge is -2.38. The van der Waals surface area contributed by atoms with Crippen molar-refractivity contribution in [2.45, 2.75) is 31.2 Å². The molecule has 0 radical (unpaired) electrons. The van der Waals surface area contributed by atoms with Crippen LogP contribution in [0, 0.1) is 22.9 Å². The Kier molecular flexibility index (Phi) is 6.00. The predicted molar refractivity (Wildman–Crippen MR) is 101 cm³/mol. The minimum atomic E-state index is -4.22. The maximum atomic E-state index is 14.0. The van der Waals surface area contributed by atoms with Gasteiger partial charge < -0.3 is 5.32 Å². The summed E-state index contributed by atoms with van der Waals surface area (Å²) in [6, 6.07) is 8.08. The van der Waals surface area contributed by atoms with E-state index in [1.165, 1.54) is 18.2 Å². The van der Waals surface area contributed by atoms with Crippen LogP contribution >= 0.6 is 0 Å². The molecule has 1 amide bonds. The highest BCUT2D eigenvalue weighted by Crippen LogP contribution is 2.33. The van der Waals surface area contributed by atoms with Crippen LogP contribution in [0.3, 0.4) is 0 Å². The summed E-state index contributed by atoms with van der Waals surface area (Å²) in [7, 11) is -4.22. The fraction of sp³-hybridized carbons (Fsp3) is 0.350. The van der Waals surface area contributed by atoms with E-state index in [1.807, 2.05) is 0 Å². The molecule has 1 saturated heterocycles. The van der Waals surface area contributed by atoms with Gasteiger partial charge in [0, 0.05) is 25.7 Å². The molecule has 2 aromatic rings. The van der Waals surface area contributed by atoms with Gasteiger partial charge in [-0.1, -0.05) is 12.1 Å². The van der Waals surface area contributed by atoms with E-state index in [-0.39, 0.29) is 25.5 Å². The Morgan fingerprint density at radius 1 is 1.14 bits per heavy atom. The third-order valence-electron chi connectivity index (χ3n) is 5.06. The van der Waals surface area contributed by atoms with Gasteiger partial charge in [-0.25, -0.2) is 21.6 Å². The van der Waals surface area contributed by atoms with Crippen LogP contribution in [0.15, 0.2) is 47.4 Å². The van der Waals surface area contributed by atoms with Gasteiger partial charge in [-0.2, -0.15) is 4.31 Å². The van der Waals surface area contributed by atoms with E-state index in [0.29, 0.717) is 24.5 Å². The molecule has 1 heterocycles. The molecule has 1 N–H and O–H groups in total. The van der Waals surface area contributed by atoms with Gasteiger partial charge in [0.25, 0.3) is 0 Å². The van der Waals surface area contributed by atoms with Crippen LogP contribution in [0.25, 0.3) is 0 Å². The first-order valence-corrected chi connectivity index (χ1v) is 10.5. The van der Waals surface area contributed by atoms with Crippen LogP contribution in [0.1, 0.15) is 25.3 Å². The number of amides is 1. The van der Waals surface area contributed by atoms with Crippen molar-refractivity contribution < 1.29 is 26.4 Å². The number of rotatable bonds is 5. The third-order valence-corrected chi connectivity index (χ3v) is 6.94. The SMILES string of the molecule is C[C@]1(C(=O)NCc2cccc(F)c2)CCCN(S(=O)(=O)c2ccc(F)cc2F)C1. The average Bonchev–Trinajstić information content (AvgIpc) is 2.66. The van der Waals surface area contributed by atoms with E-state index in [2.05, 4.69) is 5.32 Å². The Morgan fingerprint density at radius 3 is 2.55 bits per heavy atom. The van der Waals surface area contributed by atoms with E-state index in [4.69, 9.17) is 0 Å². The molecular weight excluding hydrogens is 405 g/mol. The topological polar surface area (TPSA) is 66.5 Å². The summed E-state index contributed by atoms with van der Waals surface area (Å²) in [6.45, 7) is 1.73. The number of nitrogens with zero attached hydrogens (tertiary/aromatic N) is 1. The van der Waals surface area contributed by atoms with Gasteiger partial charge in [0.1, 0.15) is 22.3 Å². The molecule has 1 aliphatic rings. The zero-order valence-electron chi connectivity index (χ0n) is 15.8. The normalized spacial score (nSPS) is 20.4. The second-order valence-corrected chi connectivity index (χ2v) is 9.30. The maximum Gasteiger partial charge on any atom is 0.246 e. The van der Waals surface area contributed by atoms with Crippen molar-refractivity contribution in [3.8, 4) is 0 Å². The lowest BCUT2D eigenvalue weighted by molar-refractivity contribution is -0.132. The largest absolute Gasteiger partial charge is 0.352 e. The first-order chi connectivity index (χ1) is 13.6. The molecule has 2 aromatic carbocycles. The molecule has 0 aliphatic carbocycles. The fourth-order valence-electron chi connectivity index (χ4n) is 3.45. The summed E-state index contributed by atoms with van der Waals surface area (Å²) in [5.74, 6) is -2.84. The van der Waals surface area contributed by atoms with Crippen LogP contribution < -0.4 is 5.32 Å².